The van der Waals surface area contributed by atoms with Gasteiger partial charge >= 0.3 is 0 Å². The highest BCUT2D eigenvalue weighted by Crippen LogP contribution is 2.39. The summed E-state index contributed by atoms with van der Waals surface area (Å²) in [6.07, 6.45) is 3.12. The summed E-state index contributed by atoms with van der Waals surface area (Å²) < 4.78 is 0. The van der Waals surface area contributed by atoms with Crippen LogP contribution in [-0.2, 0) is 16.1 Å². The van der Waals surface area contributed by atoms with Gasteiger partial charge in [-0.2, -0.15) is 5.01 Å². The van der Waals surface area contributed by atoms with Gasteiger partial charge in [-0.1, -0.05) is 65.8 Å². The van der Waals surface area contributed by atoms with Gasteiger partial charge in [0, 0.05) is 0 Å². The third-order valence-corrected chi connectivity index (χ3v) is 6.78. The smallest absolute Gasteiger partial charge is 0.272 e. The number of halogens is 3. The number of hydrogen-bond acceptors (Lipinski definition) is 3. The van der Waals surface area contributed by atoms with Crippen LogP contribution in [-0.4, -0.2) is 27.7 Å². The zero-order chi connectivity index (χ0) is 21.4. The molecule has 2 aromatic rings. The second-order valence-corrected chi connectivity index (χ2v) is 8.80. The average molecular weight is 466 g/mol. The van der Waals surface area contributed by atoms with Gasteiger partial charge in [0.25, 0.3) is 17.7 Å². The molecule has 1 saturated carbocycles. The number of carbonyl (C=O) groups is 3. The van der Waals surface area contributed by atoms with E-state index in [1.54, 1.807) is 42.5 Å². The zero-order valence-corrected chi connectivity index (χ0v) is 18.3. The van der Waals surface area contributed by atoms with E-state index in [4.69, 9.17) is 34.8 Å². The summed E-state index contributed by atoms with van der Waals surface area (Å²) in [4.78, 5) is 39.8. The number of hydrogen-bond donors (Lipinski definition) is 0. The second kappa shape index (κ2) is 8.58. The van der Waals surface area contributed by atoms with Crippen LogP contribution in [0.15, 0.2) is 42.5 Å². The van der Waals surface area contributed by atoms with Crippen molar-refractivity contribution in [3.63, 3.8) is 0 Å². The number of imide groups is 1. The van der Waals surface area contributed by atoms with Crippen molar-refractivity contribution in [3.05, 3.63) is 68.7 Å². The quantitative estimate of drug-likeness (QED) is 0.570. The minimum Gasteiger partial charge on any atom is -0.272 e. The molecule has 8 heteroatoms. The predicted octanol–water partition coefficient (Wildman–Crippen LogP) is 5.38. The first-order valence-corrected chi connectivity index (χ1v) is 10.9. The molecule has 0 radical (unpaired) electrons. The Morgan fingerprint density at radius 3 is 2.13 bits per heavy atom. The van der Waals surface area contributed by atoms with Crippen molar-refractivity contribution >= 4 is 52.5 Å². The Bertz CT molecular complexity index is 1000. The second-order valence-electron chi connectivity index (χ2n) is 7.58. The number of amides is 3. The molecule has 0 bridgehead atoms. The largest absolute Gasteiger partial charge is 0.274 e. The van der Waals surface area contributed by atoms with Crippen LogP contribution < -0.4 is 0 Å². The summed E-state index contributed by atoms with van der Waals surface area (Å²) in [5.41, 5.74) is 0.856. The zero-order valence-electron chi connectivity index (χ0n) is 16.0. The van der Waals surface area contributed by atoms with Crippen molar-refractivity contribution in [2.24, 2.45) is 11.8 Å². The lowest BCUT2D eigenvalue weighted by Crippen LogP contribution is -2.49. The van der Waals surface area contributed by atoms with Crippen LogP contribution in [0.25, 0.3) is 0 Å². The van der Waals surface area contributed by atoms with Crippen LogP contribution in [0.1, 0.15) is 41.6 Å². The van der Waals surface area contributed by atoms with Crippen LogP contribution in [0.4, 0.5) is 0 Å². The van der Waals surface area contributed by atoms with Crippen molar-refractivity contribution in [1.82, 2.24) is 10.0 Å². The van der Waals surface area contributed by atoms with Crippen LogP contribution in [0.5, 0.6) is 0 Å². The van der Waals surface area contributed by atoms with Gasteiger partial charge in [-0.15, -0.1) is 0 Å². The van der Waals surface area contributed by atoms with Crippen LogP contribution >= 0.6 is 34.8 Å². The van der Waals surface area contributed by atoms with E-state index < -0.39 is 5.91 Å². The van der Waals surface area contributed by atoms with Crippen molar-refractivity contribution in [2.75, 3.05) is 0 Å². The van der Waals surface area contributed by atoms with E-state index in [2.05, 4.69) is 0 Å². The molecule has 2 aromatic carbocycles. The lowest BCUT2D eigenvalue weighted by molar-refractivity contribution is -0.155. The SMILES string of the molecule is O=C(c1ccccc1Cl)N(Cc1ccc(Cl)c(Cl)c1)N1C(=O)[C@H]2CCCC[C@@H]2C1=O. The molecule has 0 unspecified atom stereocenters. The van der Waals surface area contributed by atoms with Crippen LogP contribution in [0.2, 0.25) is 15.1 Å². The molecule has 30 heavy (non-hydrogen) atoms. The Morgan fingerprint density at radius 2 is 1.53 bits per heavy atom. The first kappa shape index (κ1) is 21.2. The Balaban J connectivity index is 1.74. The van der Waals surface area contributed by atoms with Gasteiger partial charge in [0.15, 0.2) is 0 Å². The Labute approximate surface area is 189 Å². The predicted molar refractivity (Wildman–Crippen MR) is 115 cm³/mol. The highest BCUT2D eigenvalue weighted by atomic mass is 35.5. The van der Waals surface area contributed by atoms with Gasteiger partial charge in [-0.3, -0.25) is 14.4 Å². The Hall–Kier alpha value is -2.08. The van der Waals surface area contributed by atoms with Crippen molar-refractivity contribution < 1.29 is 14.4 Å². The molecular formula is C22H19Cl3N2O3. The molecule has 1 aliphatic carbocycles. The molecule has 1 aliphatic heterocycles. The first-order valence-electron chi connectivity index (χ1n) is 9.76. The fourth-order valence-electron chi connectivity index (χ4n) is 4.20. The Kier molecular flexibility index (Phi) is 6.05. The highest BCUT2D eigenvalue weighted by Gasteiger charge is 2.51. The molecule has 1 saturated heterocycles. The van der Waals surface area contributed by atoms with E-state index in [0.29, 0.717) is 28.5 Å². The number of rotatable bonds is 4. The molecular weight excluding hydrogens is 447 g/mol. The van der Waals surface area contributed by atoms with Crippen LogP contribution in [0.3, 0.4) is 0 Å². The summed E-state index contributed by atoms with van der Waals surface area (Å²) in [5, 5.41) is 3.16. The molecule has 2 atom stereocenters. The molecule has 2 fully saturated rings. The summed E-state index contributed by atoms with van der Waals surface area (Å²) in [7, 11) is 0. The average Bonchev–Trinajstić information content (AvgIpc) is 2.99. The molecule has 0 spiro atoms. The maximum absolute atomic E-state index is 13.4. The van der Waals surface area contributed by atoms with Crippen molar-refractivity contribution in [2.45, 2.75) is 32.2 Å². The monoisotopic (exact) mass is 464 g/mol. The molecule has 4 rings (SSSR count). The number of hydrazine groups is 1. The van der Waals surface area contributed by atoms with Gasteiger partial charge in [-0.25, -0.2) is 5.01 Å². The maximum atomic E-state index is 13.4. The van der Waals surface area contributed by atoms with Gasteiger partial charge in [0.05, 0.1) is 39.0 Å². The van der Waals surface area contributed by atoms with Gasteiger partial charge in [0.2, 0.25) is 0 Å². The molecule has 2 aliphatic rings. The van der Waals surface area contributed by atoms with E-state index in [9.17, 15) is 14.4 Å². The van der Waals surface area contributed by atoms with E-state index in [-0.39, 0.29) is 40.8 Å². The van der Waals surface area contributed by atoms with Crippen LogP contribution in [0, 0.1) is 11.8 Å². The van der Waals surface area contributed by atoms with E-state index >= 15 is 0 Å². The number of benzene rings is 2. The minimum atomic E-state index is -0.521. The summed E-state index contributed by atoms with van der Waals surface area (Å²) in [6, 6.07) is 11.5. The molecule has 0 N–H and O–H groups in total. The Morgan fingerprint density at radius 1 is 0.900 bits per heavy atom. The molecule has 0 aromatic heterocycles. The summed E-state index contributed by atoms with van der Waals surface area (Å²) >= 11 is 18.4. The molecule has 156 valence electrons. The minimum absolute atomic E-state index is 0.0160. The third-order valence-electron chi connectivity index (χ3n) is 5.71. The fraction of sp³-hybridized carbons (Fsp3) is 0.318. The normalized spacial score (nSPS) is 21.0. The van der Waals surface area contributed by atoms with E-state index in [0.717, 1.165) is 17.9 Å². The van der Waals surface area contributed by atoms with E-state index in [1.807, 2.05) is 0 Å². The van der Waals surface area contributed by atoms with Crippen molar-refractivity contribution in [3.8, 4) is 0 Å². The third kappa shape index (κ3) is 3.82. The standard InChI is InChI=1S/C22H19Cl3N2O3/c23-17-8-4-3-7-16(17)20(28)26(12-13-9-10-18(24)19(25)11-13)27-21(29)14-5-1-2-6-15(14)22(27)30/h3-4,7-11,14-15H,1-2,5-6,12H2/t14-,15-/m0/s1. The van der Waals surface area contributed by atoms with Gasteiger partial charge in [0.1, 0.15) is 0 Å². The number of carbonyl (C=O) groups excluding carboxylic acids is 3. The molecule has 5 nitrogen and oxygen atoms in total. The number of nitrogens with zero attached hydrogens (tertiary/aromatic N) is 2. The highest BCUT2D eigenvalue weighted by molar-refractivity contribution is 6.42. The summed E-state index contributed by atoms with van der Waals surface area (Å²) in [6.45, 7) is -0.0160. The summed E-state index contributed by atoms with van der Waals surface area (Å²) in [5.74, 6) is -1.93. The lowest BCUT2D eigenvalue weighted by Gasteiger charge is -2.31. The first-order chi connectivity index (χ1) is 14.4. The molecule has 1 heterocycles. The number of fused-ring (bicyclic) bond motifs is 1. The van der Waals surface area contributed by atoms with Gasteiger partial charge < -0.3 is 0 Å². The fourth-order valence-corrected chi connectivity index (χ4v) is 4.74. The topological polar surface area (TPSA) is 57.7 Å². The van der Waals surface area contributed by atoms with E-state index in [1.165, 1.54) is 5.01 Å². The molecule has 3 amide bonds. The van der Waals surface area contributed by atoms with Crippen molar-refractivity contribution in [1.29, 1.82) is 0 Å². The van der Waals surface area contributed by atoms with Gasteiger partial charge in [-0.05, 0) is 42.7 Å². The lowest BCUT2D eigenvalue weighted by atomic mass is 9.81. The maximum Gasteiger partial charge on any atom is 0.274 e.